The molecule has 156 valence electrons. The van der Waals surface area contributed by atoms with Gasteiger partial charge in [-0.25, -0.2) is 9.79 Å². The maximum absolute atomic E-state index is 12.7. The number of amidine groups is 1. The van der Waals surface area contributed by atoms with Crippen LogP contribution in [0.4, 0.5) is 5.69 Å². The molecule has 7 nitrogen and oxygen atoms in total. The summed E-state index contributed by atoms with van der Waals surface area (Å²) in [4.78, 5) is 31.0. The molecule has 2 aromatic carbocycles. The lowest BCUT2D eigenvalue weighted by atomic mass is 10.1. The number of hydrogen-bond donors (Lipinski definition) is 0. The van der Waals surface area contributed by atoms with Crippen molar-refractivity contribution in [2.75, 3.05) is 27.9 Å². The SMILES string of the molecule is CCOC(=O)c1ccc(N=C2SC(=Cc3ccc(OC)cc3OC)C(=O)N2C)cc1. The summed E-state index contributed by atoms with van der Waals surface area (Å²) in [6.07, 6.45) is 1.77. The fourth-order valence-electron chi connectivity index (χ4n) is 2.73. The average molecular weight is 426 g/mol. The first-order chi connectivity index (χ1) is 14.5. The first kappa shape index (κ1) is 21.4. The minimum Gasteiger partial charge on any atom is -0.497 e. The number of esters is 1. The smallest absolute Gasteiger partial charge is 0.338 e. The third-order valence-corrected chi connectivity index (χ3v) is 5.39. The van der Waals surface area contributed by atoms with Gasteiger partial charge in [-0.2, -0.15) is 0 Å². The summed E-state index contributed by atoms with van der Waals surface area (Å²) >= 11 is 1.27. The van der Waals surface area contributed by atoms with Crippen molar-refractivity contribution >= 4 is 40.6 Å². The van der Waals surface area contributed by atoms with Crippen LogP contribution >= 0.6 is 11.8 Å². The summed E-state index contributed by atoms with van der Waals surface area (Å²) in [6.45, 7) is 2.08. The molecule has 1 heterocycles. The molecule has 1 saturated heterocycles. The van der Waals surface area contributed by atoms with E-state index in [2.05, 4.69) is 4.99 Å². The number of ether oxygens (including phenoxy) is 3. The predicted molar refractivity (Wildman–Crippen MR) is 117 cm³/mol. The van der Waals surface area contributed by atoms with Crippen molar-refractivity contribution in [2.45, 2.75) is 6.92 Å². The van der Waals surface area contributed by atoms with Crippen LogP contribution in [0, 0.1) is 0 Å². The Morgan fingerprint density at radius 1 is 1.13 bits per heavy atom. The van der Waals surface area contributed by atoms with E-state index in [9.17, 15) is 9.59 Å². The largest absolute Gasteiger partial charge is 0.497 e. The van der Waals surface area contributed by atoms with Gasteiger partial charge in [0.05, 0.1) is 37.0 Å². The molecule has 0 aliphatic carbocycles. The molecule has 1 amide bonds. The van der Waals surface area contributed by atoms with Gasteiger partial charge in [-0.3, -0.25) is 9.69 Å². The second-order valence-electron chi connectivity index (χ2n) is 6.24. The number of carbonyl (C=O) groups excluding carboxylic acids is 2. The highest BCUT2D eigenvalue weighted by molar-refractivity contribution is 8.18. The zero-order chi connectivity index (χ0) is 21.7. The molecule has 3 rings (SSSR count). The minimum atomic E-state index is -0.377. The molecule has 0 N–H and O–H groups in total. The van der Waals surface area contributed by atoms with E-state index in [1.54, 1.807) is 64.6 Å². The van der Waals surface area contributed by atoms with Gasteiger partial charge in [0.25, 0.3) is 5.91 Å². The van der Waals surface area contributed by atoms with Crippen molar-refractivity contribution in [1.29, 1.82) is 0 Å². The second kappa shape index (κ2) is 9.49. The normalized spacial score (nSPS) is 16.3. The molecule has 2 aromatic rings. The number of hydrogen-bond acceptors (Lipinski definition) is 7. The molecule has 1 aliphatic heterocycles. The Labute approximate surface area is 179 Å². The van der Waals surface area contributed by atoms with Crippen LogP contribution in [0.3, 0.4) is 0 Å². The van der Waals surface area contributed by atoms with Crippen molar-refractivity contribution in [3.8, 4) is 11.5 Å². The number of amides is 1. The number of thioether (sulfide) groups is 1. The molecule has 0 atom stereocenters. The summed E-state index contributed by atoms with van der Waals surface area (Å²) < 4.78 is 15.6. The fraction of sp³-hybridized carbons (Fsp3) is 0.227. The Bertz CT molecular complexity index is 1010. The van der Waals surface area contributed by atoms with Crippen molar-refractivity contribution < 1.29 is 23.8 Å². The van der Waals surface area contributed by atoms with E-state index in [-0.39, 0.29) is 11.9 Å². The van der Waals surface area contributed by atoms with Crippen LogP contribution in [0.1, 0.15) is 22.8 Å². The van der Waals surface area contributed by atoms with Crippen LogP contribution in [0.2, 0.25) is 0 Å². The van der Waals surface area contributed by atoms with E-state index in [0.717, 1.165) is 5.56 Å². The zero-order valence-corrected chi connectivity index (χ0v) is 18.0. The topological polar surface area (TPSA) is 77.4 Å². The highest BCUT2D eigenvalue weighted by Gasteiger charge is 2.30. The summed E-state index contributed by atoms with van der Waals surface area (Å²) in [5.74, 6) is 0.751. The van der Waals surface area contributed by atoms with Crippen LogP contribution in [0.15, 0.2) is 52.4 Å². The molecule has 0 saturated carbocycles. The van der Waals surface area contributed by atoms with E-state index in [0.29, 0.717) is 39.4 Å². The maximum Gasteiger partial charge on any atom is 0.338 e. The molecule has 0 bridgehead atoms. The maximum atomic E-state index is 12.7. The Morgan fingerprint density at radius 3 is 2.50 bits per heavy atom. The van der Waals surface area contributed by atoms with Gasteiger partial charge >= 0.3 is 5.97 Å². The lowest BCUT2D eigenvalue weighted by Gasteiger charge is -2.08. The van der Waals surface area contributed by atoms with Crippen LogP contribution in [0.5, 0.6) is 11.5 Å². The van der Waals surface area contributed by atoms with Gasteiger partial charge in [0.2, 0.25) is 0 Å². The van der Waals surface area contributed by atoms with E-state index in [4.69, 9.17) is 14.2 Å². The lowest BCUT2D eigenvalue weighted by Crippen LogP contribution is -2.23. The molecule has 1 aliphatic rings. The van der Waals surface area contributed by atoms with Crippen molar-refractivity contribution in [2.24, 2.45) is 4.99 Å². The van der Waals surface area contributed by atoms with Gasteiger partial charge in [0, 0.05) is 18.7 Å². The molecule has 8 heteroatoms. The third-order valence-electron chi connectivity index (χ3n) is 4.33. The summed E-state index contributed by atoms with van der Waals surface area (Å²) in [6, 6.07) is 12.1. The zero-order valence-electron chi connectivity index (χ0n) is 17.2. The van der Waals surface area contributed by atoms with Gasteiger partial charge in [0.1, 0.15) is 11.5 Å². The first-order valence-electron chi connectivity index (χ1n) is 9.22. The van der Waals surface area contributed by atoms with Crippen molar-refractivity contribution in [1.82, 2.24) is 4.90 Å². The summed E-state index contributed by atoms with van der Waals surface area (Å²) in [7, 11) is 4.83. The molecule has 0 spiro atoms. The van der Waals surface area contributed by atoms with Crippen molar-refractivity contribution in [3.05, 3.63) is 58.5 Å². The van der Waals surface area contributed by atoms with E-state index >= 15 is 0 Å². The summed E-state index contributed by atoms with van der Waals surface area (Å²) in [5.41, 5.74) is 1.85. The van der Waals surface area contributed by atoms with Crippen LogP contribution in [-0.4, -0.2) is 49.8 Å². The molecule has 0 unspecified atom stereocenters. The van der Waals surface area contributed by atoms with Gasteiger partial charge < -0.3 is 14.2 Å². The third kappa shape index (κ3) is 4.65. The first-order valence-corrected chi connectivity index (χ1v) is 10.0. The molecular formula is C22H22N2O5S. The number of likely N-dealkylation sites (N-methyl/N-ethyl adjacent to an activating group) is 1. The number of rotatable bonds is 6. The van der Waals surface area contributed by atoms with Crippen molar-refractivity contribution in [3.63, 3.8) is 0 Å². The highest BCUT2D eigenvalue weighted by Crippen LogP contribution is 2.35. The summed E-state index contributed by atoms with van der Waals surface area (Å²) in [5, 5.41) is 0.544. The number of methoxy groups -OCH3 is 2. The van der Waals surface area contributed by atoms with Gasteiger partial charge in [-0.1, -0.05) is 0 Å². The lowest BCUT2D eigenvalue weighted by molar-refractivity contribution is -0.121. The number of aliphatic imine (C=N–C) groups is 1. The Kier molecular flexibility index (Phi) is 6.79. The van der Waals surface area contributed by atoms with E-state index < -0.39 is 0 Å². The highest BCUT2D eigenvalue weighted by atomic mass is 32.2. The monoisotopic (exact) mass is 426 g/mol. The van der Waals surface area contributed by atoms with Gasteiger partial charge in [0.15, 0.2) is 5.17 Å². The number of benzene rings is 2. The molecule has 1 fully saturated rings. The standard InChI is InChI=1S/C22H22N2O5S/c1-5-29-21(26)14-6-9-16(10-7-14)23-22-24(2)20(25)19(30-22)12-15-8-11-17(27-3)13-18(15)28-4/h6-13H,5H2,1-4H3. The van der Waals surface area contributed by atoms with E-state index in [1.165, 1.54) is 16.7 Å². The van der Waals surface area contributed by atoms with Gasteiger partial charge in [-0.05, 0) is 61.2 Å². The molecule has 30 heavy (non-hydrogen) atoms. The van der Waals surface area contributed by atoms with Gasteiger partial charge in [-0.15, -0.1) is 0 Å². The minimum absolute atomic E-state index is 0.153. The fourth-order valence-corrected chi connectivity index (χ4v) is 3.71. The van der Waals surface area contributed by atoms with Crippen LogP contribution < -0.4 is 9.47 Å². The number of nitrogens with zero attached hydrogens (tertiary/aromatic N) is 2. The Hall–Kier alpha value is -3.26. The van der Waals surface area contributed by atoms with Crippen LogP contribution in [-0.2, 0) is 9.53 Å². The average Bonchev–Trinajstić information content (AvgIpc) is 3.02. The Balaban J connectivity index is 1.84. The van der Waals surface area contributed by atoms with E-state index in [1.807, 2.05) is 12.1 Å². The molecule has 0 aromatic heterocycles. The molecular weight excluding hydrogens is 404 g/mol. The quantitative estimate of drug-likeness (QED) is 0.511. The van der Waals surface area contributed by atoms with Crippen LogP contribution in [0.25, 0.3) is 6.08 Å². The Morgan fingerprint density at radius 2 is 1.87 bits per heavy atom. The number of carbonyl (C=O) groups is 2. The molecule has 0 radical (unpaired) electrons. The predicted octanol–water partition coefficient (Wildman–Crippen LogP) is 4.11. The second-order valence-corrected chi connectivity index (χ2v) is 7.25.